The van der Waals surface area contributed by atoms with Crippen molar-refractivity contribution in [1.82, 2.24) is 0 Å². The van der Waals surface area contributed by atoms with Gasteiger partial charge in [-0.2, -0.15) is 0 Å². The minimum absolute atomic E-state index is 0.363. The Morgan fingerprint density at radius 2 is 1.94 bits per heavy atom. The topological polar surface area (TPSA) is 29.5 Å². The molecule has 0 aliphatic rings. The van der Waals surface area contributed by atoms with Crippen LogP contribution in [0.1, 0.15) is 45.1 Å². The Labute approximate surface area is 98.3 Å². The molecule has 0 unspecified atom stereocenters. The summed E-state index contributed by atoms with van der Waals surface area (Å²) in [4.78, 5) is 0. The van der Waals surface area contributed by atoms with Crippen LogP contribution >= 0.6 is 0 Å². The second-order valence-corrected chi connectivity index (χ2v) is 4.03. The zero-order valence-electron chi connectivity index (χ0n) is 10.3. The van der Waals surface area contributed by atoms with E-state index in [9.17, 15) is 5.11 Å². The molecule has 0 saturated heterocycles. The lowest BCUT2D eigenvalue weighted by Crippen LogP contribution is -1.92. The third-order valence-electron chi connectivity index (χ3n) is 2.67. The van der Waals surface area contributed by atoms with Crippen LogP contribution in [0, 0.1) is 0 Å². The second-order valence-electron chi connectivity index (χ2n) is 4.03. The fourth-order valence-corrected chi connectivity index (χ4v) is 1.75. The number of phenolic OH excluding ortho intramolecular Hbond substituents is 1. The third-order valence-corrected chi connectivity index (χ3v) is 2.67. The number of aromatic hydroxyl groups is 1. The average molecular weight is 222 g/mol. The molecule has 1 aromatic carbocycles. The zero-order valence-corrected chi connectivity index (χ0v) is 10.3. The van der Waals surface area contributed by atoms with Crippen LogP contribution in [-0.4, -0.2) is 11.7 Å². The zero-order chi connectivity index (χ0) is 11.8. The summed E-state index contributed by atoms with van der Waals surface area (Å²) in [5.41, 5.74) is 1.03. The van der Waals surface area contributed by atoms with Gasteiger partial charge in [0.25, 0.3) is 0 Å². The first-order valence-electron chi connectivity index (χ1n) is 6.22. The Kier molecular flexibility index (Phi) is 5.76. The number of hydrogen-bond acceptors (Lipinski definition) is 2. The Balaban J connectivity index is 2.47. The maximum atomic E-state index is 9.79. The van der Waals surface area contributed by atoms with Crippen LogP contribution in [0.2, 0.25) is 0 Å². The van der Waals surface area contributed by atoms with E-state index in [1.165, 1.54) is 19.3 Å². The highest BCUT2D eigenvalue weighted by Gasteiger charge is 2.02. The molecular formula is C14H22O2. The fourth-order valence-electron chi connectivity index (χ4n) is 1.75. The van der Waals surface area contributed by atoms with Gasteiger partial charge in [0.2, 0.25) is 0 Å². The van der Waals surface area contributed by atoms with E-state index < -0.39 is 0 Å². The molecule has 1 aromatic rings. The summed E-state index contributed by atoms with van der Waals surface area (Å²) >= 11 is 0. The molecule has 0 radical (unpaired) electrons. The highest BCUT2D eigenvalue weighted by Crippen LogP contribution is 2.25. The van der Waals surface area contributed by atoms with Crippen LogP contribution in [0.5, 0.6) is 11.5 Å². The highest BCUT2D eigenvalue weighted by atomic mass is 16.5. The van der Waals surface area contributed by atoms with Gasteiger partial charge in [-0.15, -0.1) is 0 Å². The molecule has 0 bridgehead atoms. The Hall–Kier alpha value is -1.18. The molecule has 1 N–H and O–H groups in total. The largest absolute Gasteiger partial charge is 0.508 e. The van der Waals surface area contributed by atoms with Gasteiger partial charge in [-0.3, -0.25) is 0 Å². The van der Waals surface area contributed by atoms with E-state index >= 15 is 0 Å². The molecule has 0 heterocycles. The Morgan fingerprint density at radius 1 is 1.12 bits per heavy atom. The lowest BCUT2D eigenvalue weighted by Gasteiger charge is -2.07. The number of benzene rings is 1. The molecule has 0 amide bonds. The quantitative estimate of drug-likeness (QED) is 0.709. The van der Waals surface area contributed by atoms with Crippen molar-refractivity contribution in [3.63, 3.8) is 0 Å². The van der Waals surface area contributed by atoms with E-state index in [0.717, 1.165) is 24.2 Å². The summed E-state index contributed by atoms with van der Waals surface area (Å²) in [5, 5.41) is 9.79. The first-order valence-corrected chi connectivity index (χ1v) is 6.22. The van der Waals surface area contributed by atoms with Crippen LogP contribution < -0.4 is 4.74 Å². The van der Waals surface area contributed by atoms with Gasteiger partial charge in [0.05, 0.1) is 6.61 Å². The summed E-state index contributed by atoms with van der Waals surface area (Å²) in [6.45, 7) is 4.78. The first kappa shape index (κ1) is 12.9. The SMILES string of the molecule is CCCCCCc1ccc(OCC)cc1O. The van der Waals surface area contributed by atoms with Crippen molar-refractivity contribution >= 4 is 0 Å². The summed E-state index contributed by atoms with van der Waals surface area (Å²) < 4.78 is 5.32. The van der Waals surface area contributed by atoms with E-state index in [4.69, 9.17) is 4.74 Å². The number of aryl methyl sites for hydroxylation is 1. The number of rotatable bonds is 7. The third kappa shape index (κ3) is 4.13. The van der Waals surface area contributed by atoms with Crippen molar-refractivity contribution in [2.45, 2.75) is 46.0 Å². The number of phenols is 1. The van der Waals surface area contributed by atoms with Crippen molar-refractivity contribution < 1.29 is 9.84 Å². The van der Waals surface area contributed by atoms with Gasteiger partial charge < -0.3 is 9.84 Å². The van der Waals surface area contributed by atoms with Gasteiger partial charge in [-0.05, 0) is 31.4 Å². The van der Waals surface area contributed by atoms with Crippen LogP contribution in [-0.2, 0) is 6.42 Å². The molecule has 1 rings (SSSR count). The van der Waals surface area contributed by atoms with E-state index in [1.54, 1.807) is 6.07 Å². The lowest BCUT2D eigenvalue weighted by atomic mass is 10.1. The number of unbranched alkanes of at least 4 members (excludes halogenated alkanes) is 3. The van der Waals surface area contributed by atoms with Gasteiger partial charge in [0.1, 0.15) is 11.5 Å². The van der Waals surface area contributed by atoms with Crippen LogP contribution in [0.25, 0.3) is 0 Å². The maximum Gasteiger partial charge on any atom is 0.122 e. The Morgan fingerprint density at radius 3 is 2.56 bits per heavy atom. The average Bonchev–Trinajstić information content (AvgIpc) is 2.27. The van der Waals surface area contributed by atoms with Gasteiger partial charge >= 0.3 is 0 Å². The summed E-state index contributed by atoms with van der Waals surface area (Å²) in [5.74, 6) is 1.11. The predicted octanol–water partition coefficient (Wildman–Crippen LogP) is 3.91. The molecule has 16 heavy (non-hydrogen) atoms. The van der Waals surface area contributed by atoms with Crippen molar-refractivity contribution in [2.75, 3.05) is 6.61 Å². The molecule has 2 nitrogen and oxygen atoms in total. The van der Waals surface area contributed by atoms with E-state index in [2.05, 4.69) is 6.92 Å². The molecule has 0 atom stereocenters. The Bertz CT molecular complexity index is 308. The first-order chi connectivity index (χ1) is 7.77. The van der Waals surface area contributed by atoms with Crippen LogP contribution in [0.3, 0.4) is 0 Å². The molecule has 90 valence electrons. The minimum atomic E-state index is 0.363. The van der Waals surface area contributed by atoms with Crippen LogP contribution in [0.15, 0.2) is 18.2 Å². The highest BCUT2D eigenvalue weighted by molar-refractivity contribution is 5.39. The predicted molar refractivity (Wildman–Crippen MR) is 67.1 cm³/mol. The lowest BCUT2D eigenvalue weighted by molar-refractivity contribution is 0.337. The molecule has 0 saturated carbocycles. The fraction of sp³-hybridized carbons (Fsp3) is 0.571. The van der Waals surface area contributed by atoms with Crippen molar-refractivity contribution in [3.05, 3.63) is 23.8 Å². The second kappa shape index (κ2) is 7.15. The normalized spacial score (nSPS) is 10.4. The van der Waals surface area contributed by atoms with Gasteiger partial charge in [-0.1, -0.05) is 32.3 Å². The van der Waals surface area contributed by atoms with E-state index in [-0.39, 0.29) is 0 Å². The van der Waals surface area contributed by atoms with Crippen LogP contribution in [0.4, 0.5) is 0 Å². The molecule has 0 aliphatic heterocycles. The van der Waals surface area contributed by atoms with Gasteiger partial charge in [-0.25, -0.2) is 0 Å². The maximum absolute atomic E-state index is 9.79. The minimum Gasteiger partial charge on any atom is -0.508 e. The number of hydrogen-bond donors (Lipinski definition) is 1. The monoisotopic (exact) mass is 222 g/mol. The van der Waals surface area contributed by atoms with E-state index in [0.29, 0.717) is 12.4 Å². The molecule has 2 heteroatoms. The molecule has 0 aliphatic carbocycles. The molecule has 0 aromatic heterocycles. The summed E-state index contributed by atoms with van der Waals surface area (Å²) in [6, 6.07) is 5.60. The number of ether oxygens (including phenoxy) is 1. The van der Waals surface area contributed by atoms with Crippen molar-refractivity contribution in [1.29, 1.82) is 0 Å². The standard InChI is InChI=1S/C14H22O2/c1-3-5-6-7-8-12-9-10-13(16-4-2)11-14(12)15/h9-11,15H,3-8H2,1-2H3. The molecular weight excluding hydrogens is 200 g/mol. The summed E-state index contributed by atoms with van der Waals surface area (Å²) in [7, 11) is 0. The van der Waals surface area contributed by atoms with Crippen molar-refractivity contribution in [2.24, 2.45) is 0 Å². The summed E-state index contributed by atoms with van der Waals surface area (Å²) in [6.07, 6.45) is 5.86. The van der Waals surface area contributed by atoms with E-state index in [1.807, 2.05) is 19.1 Å². The van der Waals surface area contributed by atoms with Gasteiger partial charge in [0.15, 0.2) is 0 Å². The smallest absolute Gasteiger partial charge is 0.122 e. The van der Waals surface area contributed by atoms with Crippen molar-refractivity contribution in [3.8, 4) is 11.5 Å². The molecule has 0 fully saturated rings. The molecule has 0 spiro atoms. The van der Waals surface area contributed by atoms with Gasteiger partial charge in [0, 0.05) is 6.07 Å².